The smallest absolute Gasteiger partial charge is 0.161 e. The number of ether oxygens (including phenoxy) is 3. The maximum absolute atomic E-state index is 9.77. The van der Waals surface area contributed by atoms with Gasteiger partial charge in [0, 0.05) is 11.8 Å². The topological polar surface area (TPSA) is 71.7 Å². The van der Waals surface area contributed by atoms with Crippen molar-refractivity contribution in [3.63, 3.8) is 0 Å². The summed E-state index contributed by atoms with van der Waals surface area (Å²) in [6, 6.07) is 5.86. The molecule has 0 aromatic heterocycles. The minimum absolute atomic E-state index is 0.141. The van der Waals surface area contributed by atoms with Gasteiger partial charge in [0.25, 0.3) is 0 Å². The zero-order chi connectivity index (χ0) is 16.9. The fraction of sp³-hybridized carbons (Fsp3) is 0.389. The molecule has 0 unspecified atom stereocenters. The summed E-state index contributed by atoms with van der Waals surface area (Å²) < 4.78 is 15.9. The fourth-order valence-electron chi connectivity index (χ4n) is 2.89. The van der Waals surface area contributed by atoms with Crippen LogP contribution in [0.1, 0.15) is 24.0 Å². The molecule has 0 bridgehead atoms. The molecule has 0 saturated heterocycles. The van der Waals surface area contributed by atoms with E-state index in [0.717, 1.165) is 16.9 Å². The van der Waals surface area contributed by atoms with Crippen LogP contribution in [-0.2, 0) is 16.8 Å². The molecule has 23 heavy (non-hydrogen) atoms. The van der Waals surface area contributed by atoms with Crippen LogP contribution in [0.2, 0.25) is 0 Å². The van der Waals surface area contributed by atoms with E-state index in [1.165, 1.54) is 0 Å². The van der Waals surface area contributed by atoms with E-state index in [-0.39, 0.29) is 6.61 Å². The Bertz CT molecular complexity index is 672. The summed E-state index contributed by atoms with van der Waals surface area (Å²) in [5.74, 6) is 1.90. The highest BCUT2D eigenvalue weighted by atomic mass is 16.5. The van der Waals surface area contributed by atoms with Crippen molar-refractivity contribution in [1.29, 1.82) is 5.26 Å². The normalized spacial score (nSPS) is 19.7. The summed E-state index contributed by atoms with van der Waals surface area (Å²) >= 11 is 0. The number of methoxy groups -OCH3 is 3. The number of allylic oxidation sites excluding steroid dienone is 3. The van der Waals surface area contributed by atoms with Crippen molar-refractivity contribution >= 4 is 0 Å². The number of aliphatic hydroxyl groups excluding tert-OH is 1. The highest BCUT2D eigenvalue weighted by molar-refractivity contribution is 5.52. The van der Waals surface area contributed by atoms with Crippen LogP contribution in [0.15, 0.2) is 36.1 Å². The second kappa shape index (κ2) is 7.21. The zero-order valence-electron chi connectivity index (χ0n) is 13.6. The summed E-state index contributed by atoms with van der Waals surface area (Å²) in [6.07, 6.45) is 6.69. The van der Waals surface area contributed by atoms with Gasteiger partial charge in [0.15, 0.2) is 11.5 Å². The van der Waals surface area contributed by atoms with Crippen LogP contribution in [0, 0.1) is 11.3 Å². The van der Waals surface area contributed by atoms with Crippen molar-refractivity contribution in [3.05, 3.63) is 47.2 Å². The van der Waals surface area contributed by atoms with E-state index < -0.39 is 5.41 Å². The summed E-state index contributed by atoms with van der Waals surface area (Å²) in [7, 11) is 4.73. The molecule has 0 aliphatic heterocycles. The van der Waals surface area contributed by atoms with Crippen molar-refractivity contribution in [2.45, 2.75) is 24.9 Å². The molecule has 2 rings (SSSR count). The molecule has 1 aromatic rings. The van der Waals surface area contributed by atoms with E-state index in [2.05, 4.69) is 6.07 Å². The Labute approximate surface area is 136 Å². The Morgan fingerprint density at radius 2 is 1.87 bits per heavy atom. The van der Waals surface area contributed by atoms with Gasteiger partial charge in [-0.3, -0.25) is 0 Å². The molecule has 5 heteroatoms. The molecule has 0 heterocycles. The first kappa shape index (κ1) is 16.9. The number of hydrogen-bond acceptors (Lipinski definition) is 5. The SMILES string of the molecule is COC1=CC[C@@](CC#N)(c2cc(OC)c(OC)cc2CO)C=C1. The number of nitrogens with zero attached hydrogens (tertiary/aromatic N) is 1. The minimum atomic E-state index is -0.519. The van der Waals surface area contributed by atoms with Crippen molar-refractivity contribution in [2.75, 3.05) is 21.3 Å². The molecule has 0 amide bonds. The van der Waals surface area contributed by atoms with E-state index >= 15 is 0 Å². The fourth-order valence-corrected chi connectivity index (χ4v) is 2.89. The molecule has 1 N–H and O–H groups in total. The van der Waals surface area contributed by atoms with Gasteiger partial charge in [-0.25, -0.2) is 0 Å². The van der Waals surface area contributed by atoms with Crippen LogP contribution >= 0.6 is 0 Å². The summed E-state index contributed by atoms with van der Waals surface area (Å²) in [6.45, 7) is -0.141. The standard InChI is InChI=1S/C18H21NO4/c1-21-14-4-6-18(7-5-14,8-9-19)15-11-17(23-3)16(22-2)10-13(15)12-20/h4-6,10-11,20H,7-8,12H2,1-3H3/t18-/m0/s1. The summed E-state index contributed by atoms with van der Waals surface area (Å²) in [5.41, 5.74) is 1.06. The van der Waals surface area contributed by atoms with Crippen molar-refractivity contribution < 1.29 is 19.3 Å². The van der Waals surface area contributed by atoms with Crippen LogP contribution in [-0.4, -0.2) is 26.4 Å². The zero-order valence-corrected chi connectivity index (χ0v) is 13.6. The lowest BCUT2D eigenvalue weighted by molar-refractivity contribution is 0.275. The largest absolute Gasteiger partial charge is 0.497 e. The Kier molecular flexibility index (Phi) is 5.30. The highest BCUT2D eigenvalue weighted by Crippen LogP contribution is 2.43. The first-order chi connectivity index (χ1) is 11.1. The monoisotopic (exact) mass is 315 g/mol. The van der Waals surface area contributed by atoms with Crippen molar-refractivity contribution in [1.82, 2.24) is 0 Å². The van der Waals surface area contributed by atoms with Gasteiger partial charge in [-0.2, -0.15) is 5.26 Å². The lowest BCUT2D eigenvalue weighted by Crippen LogP contribution is -2.26. The quantitative estimate of drug-likeness (QED) is 0.874. The van der Waals surface area contributed by atoms with Crippen molar-refractivity contribution in [3.8, 4) is 17.6 Å². The molecule has 1 aliphatic carbocycles. The van der Waals surface area contributed by atoms with Gasteiger partial charge >= 0.3 is 0 Å². The molecule has 0 radical (unpaired) electrons. The van der Waals surface area contributed by atoms with E-state index in [9.17, 15) is 10.4 Å². The molecule has 1 aromatic carbocycles. The van der Waals surface area contributed by atoms with E-state index in [1.807, 2.05) is 24.3 Å². The number of nitriles is 1. The van der Waals surface area contributed by atoms with Gasteiger partial charge in [-0.15, -0.1) is 0 Å². The van der Waals surface area contributed by atoms with Gasteiger partial charge in [0.05, 0.1) is 34.0 Å². The molecule has 5 nitrogen and oxygen atoms in total. The molecule has 1 atom stereocenters. The number of benzene rings is 1. The van der Waals surface area contributed by atoms with Gasteiger partial charge in [0.1, 0.15) is 5.76 Å². The third-order valence-corrected chi connectivity index (χ3v) is 4.18. The van der Waals surface area contributed by atoms with Crippen LogP contribution in [0.3, 0.4) is 0 Å². The second-order valence-corrected chi connectivity index (χ2v) is 5.36. The molecule has 1 aliphatic rings. The lowest BCUT2D eigenvalue weighted by Gasteiger charge is -2.32. The first-order valence-corrected chi connectivity index (χ1v) is 7.30. The maximum atomic E-state index is 9.77. The minimum Gasteiger partial charge on any atom is -0.497 e. The first-order valence-electron chi connectivity index (χ1n) is 7.30. The maximum Gasteiger partial charge on any atom is 0.161 e. The van der Waals surface area contributed by atoms with E-state index in [1.54, 1.807) is 27.4 Å². The van der Waals surface area contributed by atoms with Crippen LogP contribution in [0.4, 0.5) is 0 Å². The van der Waals surface area contributed by atoms with Gasteiger partial charge in [0.2, 0.25) is 0 Å². The molecule has 0 saturated carbocycles. The third-order valence-electron chi connectivity index (χ3n) is 4.18. The van der Waals surface area contributed by atoms with Gasteiger partial charge < -0.3 is 19.3 Å². The highest BCUT2D eigenvalue weighted by Gasteiger charge is 2.34. The van der Waals surface area contributed by atoms with Crippen LogP contribution in [0.25, 0.3) is 0 Å². The second-order valence-electron chi connectivity index (χ2n) is 5.36. The molecule has 122 valence electrons. The Morgan fingerprint density at radius 3 is 2.35 bits per heavy atom. The number of hydrogen-bond donors (Lipinski definition) is 1. The Hall–Kier alpha value is -2.45. The molecule has 0 fully saturated rings. The Morgan fingerprint density at radius 1 is 1.17 bits per heavy atom. The molecular weight excluding hydrogens is 294 g/mol. The average Bonchev–Trinajstić information content (AvgIpc) is 2.61. The average molecular weight is 315 g/mol. The predicted molar refractivity (Wildman–Crippen MR) is 86.2 cm³/mol. The van der Waals surface area contributed by atoms with Crippen LogP contribution < -0.4 is 9.47 Å². The number of aliphatic hydroxyl groups is 1. The molecule has 0 spiro atoms. The van der Waals surface area contributed by atoms with Crippen molar-refractivity contribution in [2.24, 2.45) is 0 Å². The Balaban J connectivity index is 2.59. The third kappa shape index (κ3) is 3.17. The van der Waals surface area contributed by atoms with Gasteiger partial charge in [-0.05, 0) is 41.8 Å². The lowest BCUT2D eigenvalue weighted by atomic mass is 9.71. The summed E-state index contributed by atoms with van der Waals surface area (Å²) in [5, 5.41) is 19.1. The van der Waals surface area contributed by atoms with E-state index in [4.69, 9.17) is 14.2 Å². The molecular formula is C18H21NO4. The number of rotatable bonds is 6. The van der Waals surface area contributed by atoms with Gasteiger partial charge in [-0.1, -0.05) is 6.08 Å². The van der Waals surface area contributed by atoms with E-state index in [0.29, 0.717) is 24.3 Å². The predicted octanol–water partition coefficient (Wildman–Crippen LogP) is 2.84. The summed E-state index contributed by atoms with van der Waals surface area (Å²) in [4.78, 5) is 0. The van der Waals surface area contributed by atoms with Crippen LogP contribution in [0.5, 0.6) is 11.5 Å².